The Morgan fingerprint density at radius 2 is 2.15 bits per heavy atom. The molecule has 0 radical (unpaired) electrons. The summed E-state index contributed by atoms with van der Waals surface area (Å²) in [5.41, 5.74) is 1.46. The standard InChI is InChI=1S/C20H25NO5/c1-12-5-4-8-21(10-12)11-16-17(22)7-6-14-13(2)15(9-18(23)25-3)20(24)26-19(14)16/h6-7,12,22H,4-5,8-11H2,1-3H3/t12-/m0/s1. The number of fused-ring (bicyclic) bond motifs is 1. The summed E-state index contributed by atoms with van der Waals surface area (Å²) in [6.45, 7) is 6.47. The van der Waals surface area contributed by atoms with E-state index in [1.807, 2.05) is 0 Å². The fourth-order valence-corrected chi connectivity index (χ4v) is 3.73. The number of piperidine rings is 1. The van der Waals surface area contributed by atoms with Gasteiger partial charge in [0, 0.05) is 18.5 Å². The average Bonchev–Trinajstić information content (AvgIpc) is 2.61. The van der Waals surface area contributed by atoms with Gasteiger partial charge in [-0.1, -0.05) is 6.92 Å². The molecule has 1 N–H and O–H groups in total. The molecule has 3 rings (SSSR count). The van der Waals surface area contributed by atoms with Crippen molar-refractivity contribution in [3.8, 4) is 5.75 Å². The van der Waals surface area contributed by atoms with Crippen molar-refractivity contribution in [1.29, 1.82) is 0 Å². The first-order valence-electron chi connectivity index (χ1n) is 8.97. The number of nitrogens with zero attached hydrogens (tertiary/aromatic N) is 1. The van der Waals surface area contributed by atoms with Gasteiger partial charge >= 0.3 is 11.6 Å². The quantitative estimate of drug-likeness (QED) is 0.668. The number of phenols is 1. The Labute approximate surface area is 152 Å². The SMILES string of the molecule is COC(=O)Cc1c(C)c2ccc(O)c(CN3CCC[C@H](C)C3)c2oc1=O. The van der Waals surface area contributed by atoms with Crippen LogP contribution in [0.25, 0.3) is 11.0 Å². The summed E-state index contributed by atoms with van der Waals surface area (Å²) in [7, 11) is 1.29. The van der Waals surface area contributed by atoms with Crippen molar-refractivity contribution in [1.82, 2.24) is 4.90 Å². The molecule has 1 aromatic carbocycles. The predicted molar refractivity (Wildman–Crippen MR) is 98.3 cm³/mol. The molecule has 1 fully saturated rings. The Bertz CT molecular complexity index is 886. The Kier molecular flexibility index (Phi) is 5.32. The summed E-state index contributed by atoms with van der Waals surface area (Å²) in [4.78, 5) is 26.3. The number of hydrogen-bond donors (Lipinski definition) is 1. The third-order valence-electron chi connectivity index (χ3n) is 5.21. The monoisotopic (exact) mass is 359 g/mol. The number of phenolic OH excluding ortho intramolecular Hbond substituents is 1. The lowest BCUT2D eigenvalue weighted by Crippen LogP contribution is -2.33. The molecule has 0 saturated carbocycles. The molecule has 6 heteroatoms. The van der Waals surface area contributed by atoms with Crippen molar-refractivity contribution < 1.29 is 19.1 Å². The van der Waals surface area contributed by atoms with Gasteiger partial charge in [0.25, 0.3) is 0 Å². The van der Waals surface area contributed by atoms with Gasteiger partial charge in [-0.05, 0) is 49.9 Å². The zero-order valence-electron chi connectivity index (χ0n) is 15.5. The first-order chi connectivity index (χ1) is 12.4. The van der Waals surface area contributed by atoms with Gasteiger partial charge in [-0.3, -0.25) is 9.69 Å². The maximum absolute atomic E-state index is 12.4. The summed E-state index contributed by atoms with van der Waals surface area (Å²) in [6.07, 6.45) is 2.21. The lowest BCUT2D eigenvalue weighted by Gasteiger charge is -2.31. The van der Waals surface area contributed by atoms with Crippen LogP contribution in [-0.4, -0.2) is 36.2 Å². The van der Waals surface area contributed by atoms with Crippen LogP contribution in [0.15, 0.2) is 21.3 Å². The lowest BCUT2D eigenvalue weighted by molar-refractivity contribution is -0.139. The number of aromatic hydroxyl groups is 1. The van der Waals surface area contributed by atoms with E-state index in [1.54, 1.807) is 19.1 Å². The Balaban J connectivity index is 2.05. The van der Waals surface area contributed by atoms with Crippen LogP contribution in [-0.2, 0) is 22.5 Å². The minimum absolute atomic E-state index is 0.124. The van der Waals surface area contributed by atoms with Crippen molar-refractivity contribution in [3.63, 3.8) is 0 Å². The number of carbonyl (C=O) groups excluding carboxylic acids is 1. The molecule has 140 valence electrons. The molecule has 2 heterocycles. The summed E-state index contributed by atoms with van der Waals surface area (Å²) in [5.74, 6) is 0.251. The fraction of sp³-hybridized carbons (Fsp3) is 0.500. The molecule has 0 amide bonds. The van der Waals surface area contributed by atoms with Gasteiger partial charge in [-0.2, -0.15) is 0 Å². The maximum Gasteiger partial charge on any atom is 0.340 e. The summed E-state index contributed by atoms with van der Waals surface area (Å²) in [5, 5.41) is 11.1. The number of methoxy groups -OCH3 is 1. The Morgan fingerprint density at radius 3 is 2.85 bits per heavy atom. The molecule has 2 aromatic rings. The topological polar surface area (TPSA) is 80.0 Å². The molecule has 0 spiro atoms. The third-order valence-corrected chi connectivity index (χ3v) is 5.21. The van der Waals surface area contributed by atoms with E-state index in [0.29, 0.717) is 34.7 Å². The van der Waals surface area contributed by atoms with E-state index in [1.165, 1.54) is 13.5 Å². The van der Waals surface area contributed by atoms with Gasteiger partial charge in [-0.25, -0.2) is 4.79 Å². The van der Waals surface area contributed by atoms with Gasteiger partial charge in [0.2, 0.25) is 0 Å². The van der Waals surface area contributed by atoms with Gasteiger partial charge in [0.15, 0.2) is 0 Å². The zero-order valence-corrected chi connectivity index (χ0v) is 15.5. The summed E-state index contributed by atoms with van der Waals surface area (Å²) < 4.78 is 10.2. The second-order valence-electron chi connectivity index (χ2n) is 7.17. The molecular weight excluding hydrogens is 334 g/mol. The molecule has 1 aliphatic rings. The van der Waals surface area contributed by atoms with Gasteiger partial charge in [0.1, 0.15) is 11.3 Å². The summed E-state index contributed by atoms with van der Waals surface area (Å²) in [6, 6.07) is 3.35. The molecule has 1 aromatic heterocycles. The summed E-state index contributed by atoms with van der Waals surface area (Å²) >= 11 is 0. The molecule has 1 aliphatic heterocycles. The van der Waals surface area contributed by atoms with E-state index in [2.05, 4.69) is 16.6 Å². The molecule has 0 aliphatic carbocycles. The van der Waals surface area contributed by atoms with Crippen LogP contribution in [0.5, 0.6) is 5.75 Å². The largest absolute Gasteiger partial charge is 0.507 e. The van der Waals surface area contributed by atoms with E-state index in [4.69, 9.17) is 4.42 Å². The zero-order chi connectivity index (χ0) is 18.8. The van der Waals surface area contributed by atoms with Gasteiger partial charge in [0.05, 0.1) is 24.7 Å². The van der Waals surface area contributed by atoms with Crippen molar-refractivity contribution in [3.05, 3.63) is 39.2 Å². The van der Waals surface area contributed by atoms with Crippen LogP contribution in [0.1, 0.15) is 36.5 Å². The number of ether oxygens (including phenoxy) is 1. The Hall–Kier alpha value is -2.34. The number of benzene rings is 1. The first kappa shape index (κ1) is 18.5. The predicted octanol–water partition coefficient (Wildman–Crippen LogP) is 2.75. The van der Waals surface area contributed by atoms with Crippen molar-refractivity contribution in [2.24, 2.45) is 5.92 Å². The molecular formula is C20H25NO5. The molecule has 26 heavy (non-hydrogen) atoms. The first-order valence-corrected chi connectivity index (χ1v) is 8.97. The number of likely N-dealkylation sites (tertiary alicyclic amines) is 1. The molecule has 0 unspecified atom stereocenters. The van der Waals surface area contributed by atoms with Crippen molar-refractivity contribution in [2.45, 2.75) is 39.7 Å². The number of rotatable bonds is 4. The molecule has 1 saturated heterocycles. The fourth-order valence-electron chi connectivity index (χ4n) is 3.73. The normalized spacial score (nSPS) is 18.2. The van der Waals surface area contributed by atoms with E-state index < -0.39 is 11.6 Å². The van der Waals surface area contributed by atoms with E-state index in [9.17, 15) is 14.7 Å². The number of aryl methyl sites for hydroxylation is 1. The number of hydrogen-bond acceptors (Lipinski definition) is 6. The van der Waals surface area contributed by atoms with Crippen LogP contribution >= 0.6 is 0 Å². The maximum atomic E-state index is 12.4. The van der Waals surface area contributed by atoms with Crippen LogP contribution in [0.4, 0.5) is 0 Å². The number of esters is 1. The van der Waals surface area contributed by atoms with E-state index >= 15 is 0 Å². The molecule has 0 bridgehead atoms. The van der Waals surface area contributed by atoms with Crippen LogP contribution in [0, 0.1) is 12.8 Å². The smallest absolute Gasteiger partial charge is 0.340 e. The minimum Gasteiger partial charge on any atom is -0.507 e. The van der Waals surface area contributed by atoms with Gasteiger partial charge in [-0.15, -0.1) is 0 Å². The van der Waals surface area contributed by atoms with Crippen molar-refractivity contribution in [2.75, 3.05) is 20.2 Å². The van der Waals surface area contributed by atoms with Crippen LogP contribution in [0.2, 0.25) is 0 Å². The molecule has 1 atom stereocenters. The Morgan fingerprint density at radius 1 is 1.38 bits per heavy atom. The second kappa shape index (κ2) is 7.50. The number of carbonyl (C=O) groups is 1. The van der Waals surface area contributed by atoms with Crippen LogP contribution < -0.4 is 5.63 Å². The highest BCUT2D eigenvalue weighted by Crippen LogP contribution is 2.31. The van der Waals surface area contributed by atoms with E-state index in [-0.39, 0.29) is 12.2 Å². The minimum atomic E-state index is -0.556. The second-order valence-corrected chi connectivity index (χ2v) is 7.17. The van der Waals surface area contributed by atoms with Crippen LogP contribution in [0.3, 0.4) is 0 Å². The van der Waals surface area contributed by atoms with Crippen molar-refractivity contribution >= 4 is 16.9 Å². The molecule has 6 nitrogen and oxygen atoms in total. The average molecular weight is 359 g/mol. The van der Waals surface area contributed by atoms with E-state index in [0.717, 1.165) is 24.9 Å². The highest BCUT2D eigenvalue weighted by Gasteiger charge is 2.22. The highest BCUT2D eigenvalue weighted by atomic mass is 16.5. The van der Waals surface area contributed by atoms with Gasteiger partial charge < -0.3 is 14.3 Å². The third kappa shape index (κ3) is 3.60. The lowest BCUT2D eigenvalue weighted by atomic mass is 9.98. The highest BCUT2D eigenvalue weighted by molar-refractivity contribution is 5.87.